The molecule has 0 radical (unpaired) electrons. The Labute approximate surface area is 219 Å². The van der Waals surface area contributed by atoms with Crippen LogP contribution in [0.3, 0.4) is 0 Å². The van der Waals surface area contributed by atoms with Crippen LogP contribution in [-0.4, -0.2) is 16.1 Å². The van der Waals surface area contributed by atoms with E-state index in [2.05, 4.69) is 88.6 Å². The zero-order valence-electron chi connectivity index (χ0n) is 23.9. The number of hydrogen-bond donors (Lipinski definition) is 0. The summed E-state index contributed by atoms with van der Waals surface area (Å²) in [4.78, 5) is 0. The van der Waals surface area contributed by atoms with Crippen molar-refractivity contribution in [1.82, 2.24) is 0 Å². The van der Waals surface area contributed by atoms with Crippen molar-refractivity contribution in [2.45, 2.75) is 121 Å². The molecule has 0 N–H and O–H groups in total. The molecule has 7 atom stereocenters. The van der Waals surface area contributed by atoms with E-state index in [0.717, 1.165) is 34.8 Å². The zero-order chi connectivity index (χ0) is 24.9. The lowest BCUT2D eigenvalue weighted by Gasteiger charge is -2.59. The van der Waals surface area contributed by atoms with E-state index < -0.39 is 16.1 Å². The van der Waals surface area contributed by atoms with E-state index in [1.807, 2.05) is 0 Å². The average Bonchev–Trinajstić information content (AvgIpc) is 3.28. The standard InChI is InChI=1S/C33H54Si2/c1-32(20-12-7-13-21-32)33(2)24-27-15-9-11-17-29(27)31(25-33)35(5,6)23-22-34(3,4)30-19-18-26-14-8-10-16-28(26)30/h8-11,14-17,26-31H,7,12-13,18-25H2,1-6H3. The summed E-state index contributed by atoms with van der Waals surface area (Å²) >= 11 is 0. The van der Waals surface area contributed by atoms with Gasteiger partial charge in [0.25, 0.3) is 0 Å². The van der Waals surface area contributed by atoms with Gasteiger partial charge in [-0.1, -0.05) is 126 Å². The van der Waals surface area contributed by atoms with Crippen molar-refractivity contribution < 1.29 is 0 Å². The Hall–Kier alpha value is -0.606. The Bertz CT molecular complexity index is 883. The quantitative estimate of drug-likeness (QED) is 0.314. The van der Waals surface area contributed by atoms with Gasteiger partial charge in [-0.25, -0.2) is 0 Å². The Morgan fingerprint density at radius 3 is 1.80 bits per heavy atom. The minimum Gasteiger partial charge on any atom is -0.0808 e. The molecular weight excluding hydrogens is 453 g/mol. The van der Waals surface area contributed by atoms with Gasteiger partial charge in [-0.05, 0) is 77.7 Å². The predicted molar refractivity (Wildman–Crippen MR) is 160 cm³/mol. The molecule has 0 heterocycles. The molecule has 0 spiro atoms. The second-order valence-electron chi connectivity index (χ2n) is 15.4. The van der Waals surface area contributed by atoms with Gasteiger partial charge < -0.3 is 0 Å². The van der Waals surface area contributed by atoms with Crippen molar-refractivity contribution >= 4 is 16.1 Å². The van der Waals surface area contributed by atoms with Crippen LogP contribution >= 0.6 is 0 Å². The third-order valence-electron chi connectivity index (χ3n) is 12.5. The summed E-state index contributed by atoms with van der Waals surface area (Å²) in [7, 11) is -2.64. The molecule has 0 nitrogen and oxygen atoms in total. The van der Waals surface area contributed by atoms with Gasteiger partial charge in [0.1, 0.15) is 0 Å². The smallest absolute Gasteiger partial charge is 0.0508 e. The van der Waals surface area contributed by atoms with Crippen LogP contribution in [0.1, 0.15) is 71.6 Å². The molecule has 2 heteroatoms. The van der Waals surface area contributed by atoms with Gasteiger partial charge in [0.2, 0.25) is 0 Å². The van der Waals surface area contributed by atoms with Gasteiger partial charge in [-0.15, -0.1) is 0 Å². The molecule has 5 aliphatic carbocycles. The molecule has 5 rings (SSSR count). The fourth-order valence-electron chi connectivity index (χ4n) is 9.64. The Kier molecular flexibility index (Phi) is 7.14. The van der Waals surface area contributed by atoms with E-state index in [1.165, 1.54) is 57.8 Å². The molecule has 0 aromatic heterocycles. The molecule has 194 valence electrons. The fourth-order valence-corrected chi connectivity index (χ4v) is 20.3. The first-order valence-corrected chi connectivity index (χ1v) is 21.8. The number of hydrogen-bond acceptors (Lipinski definition) is 0. The molecule has 0 bridgehead atoms. The van der Waals surface area contributed by atoms with Crippen LogP contribution in [-0.2, 0) is 0 Å². The monoisotopic (exact) mass is 506 g/mol. The average molecular weight is 507 g/mol. The molecule has 0 aromatic rings. The van der Waals surface area contributed by atoms with Crippen molar-refractivity contribution in [1.29, 1.82) is 0 Å². The van der Waals surface area contributed by atoms with Crippen LogP contribution in [0.5, 0.6) is 0 Å². The van der Waals surface area contributed by atoms with Crippen molar-refractivity contribution in [2.75, 3.05) is 0 Å². The van der Waals surface area contributed by atoms with Gasteiger partial charge in [-0.3, -0.25) is 0 Å². The summed E-state index contributed by atoms with van der Waals surface area (Å²) in [5.74, 6) is 3.30. The van der Waals surface area contributed by atoms with Crippen LogP contribution in [0.25, 0.3) is 0 Å². The summed E-state index contributed by atoms with van der Waals surface area (Å²) in [6, 6.07) is 3.14. The zero-order valence-corrected chi connectivity index (χ0v) is 25.9. The van der Waals surface area contributed by atoms with Crippen molar-refractivity contribution in [2.24, 2.45) is 34.5 Å². The second kappa shape index (κ2) is 9.61. The summed E-state index contributed by atoms with van der Waals surface area (Å²) < 4.78 is 0. The number of allylic oxidation sites excluding steroid dienone is 8. The SMILES string of the molecule is CC1(C2(C)CC3C=CC=CC3C([Si](C)(C)CC[Si](C)(C)C3CCC4C=CC=CC43)C2)CCCCC1. The van der Waals surface area contributed by atoms with E-state index in [4.69, 9.17) is 0 Å². The van der Waals surface area contributed by atoms with Gasteiger partial charge in [0, 0.05) is 0 Å². The van der Waals surface area contributed by atoms with Crippen LogP contribution in [0.2, 0.25) is 49.4 Å². The molecule has 3 saturated carbocycles. The van der Waals surface area contributed by atoms with Gasteiger partial charge >= 0.3 is 0 Å². The summed E-state index contributed by atoms with van der Waals surface area (Å²) in [6.45, 7) is 16.6. The summed E-state index contributed by atoms with van der Waals surface area (Å²) in [5, 5.41) is 0. The first-order chi connectivity index (χ1) is 16.5. The third-order valence-corrected chi connectivity index (χ3v) is 21.4. The number of rotatable bonds is 6. The van der Waals surface area contributed by atoms with Crippen molar-refractivity contribution in [3.63, 3.8) is 0 Å². The summed E-state index contributed by atoms with van der Waals surface area (Å²) in [6.07, 6.45) is 33.0. The molecule has 35 heavy (non-hydrogen) atoms. The van der Waals surface area contributed by atoms with Gasteiger partial charge in [0.15, 0.2) is 0 Å². The van der Waals surface area contributed by atoms with E-state index in [9.17, 15) is 0 Å². The Morgan fingerprint density at radius 1 is 0.600 bits per heavy atom. The normalized spacial score (nSPS) is 40.5. The minimum absolute atomic E-state index is 0.518. The van der Waals surface area contributed by atoms with Crippen LogP contribution in [0, 0.1) is 34.5 Å². The third kappa shape index (κ3) is 4.85. The first-order valence-electron chi connectivity index (χ1n) is 15.2. The maximum Gasteiger partial charge on any atom is 0.0508 e. The van der Waals surface area contributed by atoms with E-state index >= 15 is 0 Å². The second-order valence-corrected chi connectivity index (χ2v) is 25.8. The highest BCUT2D eigenvalue weighted by molar-refractivity contribution is 6.84. The molecule has 5 aliphatic rings. The molecule has 7 unspecified atom stereocenters. The predicted octanol–water partition coefficient (Wildman–Crippen LogP) is 10.4. The van der Waals surface area contributed by atoms with Crippen molar-refractivity contribution in [3.05, 3.63) is 48.6 Å². The number of fused-ring (bicyclic) bond motifs is 2. The lowest BCUT2D eigenvalue weighted by Crippen LogP contribution is -2.51. The molecule has 0 aromatic carbocycles. The van der Waals surface area contributed by atoms with Crippen LogP contribution in [0.4, 0.5) is 0 Å². The van der Waals surface area contributed by atoms with E-state index in [-0.39, 0.29) is 0 Å². The van der Waals surface area contributed by atoms with Gasteiger partial charge in [-0.2, -0.15) is 0 Å². The molecule has 3 fully saturated rings. The molecule has 0 amide bonds. The fraction of sp³-hybridized carbons (Fsp3) is 0.758. The topological polar surface area (TPSA) is 0 Å². The van der Waals surface area contributed by atoms with Crippen molar-refractivity contribution in [3.8, 4) is 0 Å². The van der Waals surface area contributed by atoms with E-state index in [0.29, 0.717) is 10.8 Å². The Morgan fingerprint density at radius 2 is 1.14 bits per heavy atom. The van der Waals surface area contributed by atoms with E-state index in [1.54, 1.807) is 12.1 Å². The first kappa shape index (κ1) is 26.0. The molecular formula is C33H54Si2. The molecule has 0 aliphatic heterocycles. The maximum atomic E-state index is 2.81. The lowest BCUT2D eigenvalue weighted by atomic mass is 9.51. The maximum absolute atomic E-state index is 2.81. The lowest BCUT2D eigenvalue weighted by molar-refractivity contribution is -0.0253. The highest BCUT2D eigenvalue weighted by atomic mass is 28.3. The summed E-state index contributed by atoms with van der Waals surface area (Å²) in [5.41, 5.74) is 3.03. The molecule has 0 saturated heterocycles. The van der Waals surface area contributed by atoms with Crippen LogP contribution < -0.4 is 0 Å². The Balaban J connectivity index is 1.34. The highest BCUT2D eigenvalue weighted by Crippen LogP contribution is 2.64. The minimum atomic E-state index is -1.38. The van der Waals surface area contributed by atoms with Crippen LogP contribution in [0.15, 0.2) is 48.6 Å². The van der Waals surface area contributed by atoms with Gasteiger partial charge in [0.05, 0.1) is 16.1 Å². The largest absolute Gasteiger partial charge is 0.0808 e. The highest BCUT2D eigenvalue weighted by Gasteiger charge is 2.55.